The van der Waals surface area contributed by atoms with Crippen LogP contribution in [-0.4, -0.2) is 32.9 Å². The number of nitrogens with zero attached hydrogens (tertiary/aromatic N) is 2. The van der Waals surface area contributed by atoms with Gasteiger partial charge in [-0.1, -0.05) is 63.2 Å². The zero-order chi connectivity index (χ0) is 34.3. The average Bonchev–Trinajstić information content (AvgIpc) is 3.67. The average molecular weight is 678 g/mol. The third-order valence-electron chi connectivity index (χ3n) is 11.9. The highest BCUT2D eigenvalue weighted by Crippen LogP contribution is 2.61. The number of amides is 1. The number of ether oxygens (including phenoxy) is 1. The minimum absolute atomic E-state index is 0.0330. The highest BCUT2D eigenvalue weighted by atomic mass is 16.5. The molecule has 1 saturated carbocycles. The fourth-order valence-electron chi connectivity index (χ4n) is 9.14. The SMILES string of the molecule is CC1CC1C(=O)C[C@H]1Cc2ccc3c(c2)C24c5cccc(c5N[C@H]2O3)-c2cccc3[nH]cc(c23)-c2cnc(o2)-c2nc(oc24)[C@H](C(C)C)NC1=O. The summed E-state index contributed by atoms with van der Waals surface area (Å²) in [4.78, 5) is 41.0. The molecule has 10 nitrogen and oxygen atoms in total. The van der Waals surface area contributed by atoms with Gasteiger partial charge in [0.25, 0.3) is 0 Å². The van der Waals surface area contributed by atoms with E-state index in [1.807, 2.05) is 32.2 Å². The quantitative estimate of drug-likeness (QED) is 0.174. The van der Waals surface area contributed by atoms with Crippen LogP contribution in [0, 0.1) is 23.7 Å². The second-order valence-electron chi connectivity index (χ2n) is 15.3. The van der Waals surface area contributed by atoms with Gasteiger partial charge in [-0.25, -0.2) is 9.97 Å². The van der Waals surface area contributed by atoms with Crippen LogP contribution in [0.1, 0.15) is 68.0 Å². The Kier molecular flexibility index (Phi) is 5.71. The fraction of sp³-hybridized carbons (Fsp3) is 0.317. The third kappa shape index (κ3) is 3.87. The summed E-state index contributed by atoms with van der Waals surface area (Å²) in [5.41, 5.74) is 7.21. The van der Waals surface area contributed by atoms with Crippen LogP contribution in [0.4, 0.5) is 5.69 Å². The Hall–Kier alpha value is -5.64. The van der Waals surface area contributed by atoms with Crippen LogP contribution in [0.15, 0.2) is 75.8 Å². The summed E-state index contributed by atoms with van der Waals surface area (Å²) < 4.78 is 20.5. The van der Waals surface area contributed by atoms with Crippen molar-refractivity contribution in [2.75, 3.05) is 5.32 Å². The number of anilines is 1. The van der Waals surface area contributed by atoms with Gasteiger partial charge in [0.15, 0.2) is 23.4 Å². The highest BCUT2D eigenvalue weighted by Gasteiger charge is 2.61. The molecular formula is C41H35N5O5. The molecule has 0 saturated heterocycles. The van der Waals surface area contributed by atoms with Crippen molar-refractivity contribution in [1.29, 1.82) is 0 Å². The number of carbonyl (C=O) groups excluding carboxylic acids is 2. The number of Topliss-reactive ketones (excluding diaryl/α,β-unsaturated/α-hetero) is 1. The number of aromatic amines is 1. The van der Waals surface area contributed by atoms with Crippen molar-refractivity contribution in [3.8, 4) is 39.8 Å². The number of benzene rings is 3. The van der Waals surface area contributed by atoms with Crippen molar-refractivity contribution < 1.29 is 23.2 Å². The molecule has 6 aromatic rings. The lowest BCUT2D eigenvalue weighted by atomic mass is 9.72. The number of H-pyrrole nitrogens is 1. The highest BCUT2D eigenvalue weighted by molar-refractivity contribution is 6.07. The number of hydrogen-bond donors (Lipinski definition) is 3. The molecule has 4 aliphatic heterocycles. The van der Waals surface area contributed by atoms with Crippen molar-refractivity contribution in [3.05, 3.63) is 95.3 Å². The number of fused-ring (bicyclic) bond motifs is 7. The second kappa shape index (κ2) is 9.99. The van der Waals surface area contributed by atoms with Crippen molar-refractivity contribution in [1.82, 2.24) is 20.3 Å². The van der Waals surface area contributed by atoms with E-state index in [1.165, 1.54) is 0 Å². The summed E-state index contributed by atoms with van der Waals surface area (Å²) in [6, 6.07) is 18.2. The van der Waals surface area contributed by atoms with Gasteiger partial charge in [0.2, 0.25) is 17.7 Å². The molecule has 254 valence electrons. The maximum Gasteiger partial charge on any atom is 0.249 e. The molecule has 3 aromatic carbocycles. The molecule has 1 fully saturated rings. The van der Waals surface area contributed by atoms with E-state index in [0.29, 0.717) is 47.1 Å². The van der Waals surface area contributed by atoms with E-state index in [2.05, 4.69) is 65.0 Å². The van der Waals surface area contributed by atoms with Crippen molar-refractivity contribution >= 4 is 28.3 Å². The van der Waals surface area contributed by atoms with Crippen LogP contribution in [0.25, 0.3) is 44.9 Å². The molecule has 1 aliphatic carbocycles. The van der Waals surface area contributed by atoms with E-state index >= 15 is 0 Å². The van der Waals surface area contributed by atoms with Gasteiger partial charge in [0.1, 0.15) is 23.0 Å². The Bertz CT molecular complexity index is 2490. The normalized spacial score (nSPS) is 26.1. The zero-order valence-corrected chi connectivity index (χ0v) is 28.4. The summed E-state index contributed by atoms with van der Waals surface area (Å²) >= 11 is 0. The van der Waals surface area contributed by atoms with Crippen LogP contribution in [0.5, 0.6) is 5.75 Å². The molecule has 10 heteroatoms. The van der Waals surface area contributed by atoms with Crippen LogP contribution < -0.4 is 15.4 Å². The molecule has 51 heavy (non-hydrogen) atoms. The number of nitrogens with one attached hydrogen (secondary N) is 3. The van der Waals surface area contributed by atoms with Crippen LogP contribution in [0.3, 0.4) is 0 Å². The summed E-state index contributed by atoms with van der Waals surface area (Å²) in [6.45, 7) is 6.16. The molecule has 11 rings (SSSR count). The molecule has 3 unspecified atom stereocenters. The molecule has 3 N–H and O–H groups in total. The molecule has 3 aromatic heterocycles. The maximum atomic E-state index is 14.2. The van der Waals surface area contributed by atoms with E-state index in [0.717, 1.165) is 56.4 Å². The molecule has 5 aliphatic rings. The Balaban J connectivity index is 1.22. The lowest BCUT2D eigenvalue weighted by molar-refractivity contribution is -0.131. The molecule has 10 bridgehead atoms. The predicted molar refractivity (Wildman–Crippen MR) is 189 cm³/mol. The van der Waals surface area contributed by atoms with Gasteiger partial charge >= 0.3 is 0 Å². The molecule has 0 radical (unpaired) electrons. The van der Waals surface area contributed by atoms with Crippen molar-refractivity contribution in [3.63, 3.8) is 0 Å². The van der Waals surface area contributed by atoms with E-state index in [-0.39, 0.29) is 29.9 Å². The van der Waals surface area contributed by atoms with Crippen LogP contribution in [0.2, 0.25) is 0 Å². The van der Waals surface area contributed by atoms with E-state index in [9.17, 15) is 9.59 Å². The summed E-state index contributed by atoms with van der Waals surface area (Å²) in [7, 11) is 0. The summed E-state index contributed by atoms with van der Waals surface area (Å²) in [6.07, 6.45) is 4.61. The van der Waals surface area contributed by atoms with E-state index in [4.69, 9.17) is 23.5 Å². The van der Waals surface area contributed by atoms with E-state index in [1.54, 1.807) is 6.20 Å². The lowest BCUT2D eigenvalue weighted by Crippen LogP contribution is -2.40. The third-order valence-corrected chi connectivity index (χ3v) is 11.9. The number of aromatic nitrogens is 3. The topological polar surface area (TPSA) is 135 Å². The largest absolute Gasteiger partial charge is 0.469 e. The molecule has 1 amide bonds. The molecule has 6 atom stereocenters. The van der Waals surface area contributed by atoms with Crippen molar-refractivity contribution in [2.24, 2.45) is 23.7 Å². The number of carbonyl (C=O) groups is 2. The van der Waals surface area contributed by atoms with Gasteiger partial charge in [-0.05, 0) is 47.9 Å². The number of ketones is 1. The first-order valence-corrected chi connectivity index (χ1v) is 17.9. The standard InChI is InChI=1S/C41H35N5O5/c1-18(2)33-39-45-35-36(51-39)41-26-8-4-7-23(22-6-5-9-28-32(22)25(16-42-28)31-17-43-38(35)49-31)34(26)46-40(41)50-30-11-10-20(14-27(30)41)13-21(37(48)44-33)15-29(47)24-12-19(24)3/h4-11,14,16-19,21,24,33,40,42,46H,12-13,15H2,1-3H3,(H,44,48)/t19?,21-,24?,33+,40+,41?/m1/s1. The Morgan fingerprint density at radius 3 is 2.71 bits per heavy atom. The van der Waals surface area contributed by atoms with Crippen molar-refractivity contribution in [2.45, 2.75) is 57.7 Å². The number of para-hydroxylation sites is 1. The van der Waals surface area contributed by atoms with Gasteiger partial charge in [0, 0.05) is 63.3 Å². The van der Waals surface area contributed by atoms with Gasteiger partial charge in [-0.3, -0.25) is 9.59 Å². The first-order chi connectivity index (χ1) is 24.8. The monoisotopic (exact) mass is 677 g/mol. The van der Waals surface area contributed by atoms with Crippen LogP contribution >= 0.6 is 0 Å². The van der Waals surface area contributed by atoms with Gasteiger partial charge in [0.05, 0.1) is 6.20 Å². The van der Waals surface area contributed by atoms with E-state index < -0.39 is 23.6 Å². The fourth-order valence-corrected chi connectivity index (χ4v) is 9.14. The zero-order valence-electron chi connectivity index (χ0n) is 28.4. The van der Waals surface area contributed by atoms with Gasteiger partial charge in [-0.2, -0.15) is 0 Å². The Morgan fingerprint density at radius 2 is 1.86 bits per heavy atom. The van der Waals surface area contributed by atoms with Gasteiger partial charge < -0.3 is 29.2 Å². The maximum absolute atomic E-state index is 14.2. The Labute approximate surface area is 293 Å². The summed E-state index contributed by atoms with van der Waals surface area (Å²) in [5.74, 6) is 2.28. The first-order valence-electron chi connectivity index (χ1n) is 17.9. The minimum Gasteiger partial charge on any atom is -0.469 e. The molecular weight excluding hydrogens is 642 g/mol. The second-order valence-corrected chi connectivity index (χ2v) is 15.3. The smallest absolute Gasteiger partial charge is 0.249 e. The first kappa shape index (κ1) is 29.1. The summed E-state index contributed by atoms with van der Waals surface area (Å²) in [5, 5.41) is 8.11. The lowest BCUT2D eigenvalue weighted by Gasteiger charge is -2.28. The van der Waals surface area contributed by atoms with Crippen LogP contribution in [-0.2, 0) is 21.4 Å². The number of rotatable bonds is 4. The predicted octanol–water partition coefficient (Wildman–Crippen LogP) is 7.54. The molecule has 1 spiro atoms. The van der Waals surface area contributed by atoms with Gasteiger partial charge in [-0.15, -0.1) is 0 Å². The minimum atomic E-state index is -0.987. The molecule has 7 heterocycles. The number of hydrogen-bond acceptors (Lipinski definition) is 8. The Morgan fingerprint density at radius 1 is 1.02 bits per heavy atom. The number of oxazole rings is 2.